The zero-order valence-electron chi connectivity index (χ0n) is 13.1. The Bertz CT molecular complexity index is 540. The summed E-state index contributed by atoms with van der Waals surface area (Å²) in [5, 5.41) is 2.70. The zero-order chi connectivity index (χ0) is 16.9. The number of carbonyl (C=O) groups excluding carboxylic acids is 1. The molecule has 0 unspecified atom stereocenters. The minimum absolute atomic E-state index is 0. The Hall–Kier alpha value is -1.47. The van der Waals surface area contributed by atoms with Crippen molar-refractivity contribution < 1.29 is 22.7 Å². The fourth-order valence-electron chi connectivity index (χ4n) is 2.75. The van der Waals surface area contributed by atoms with Crippen LogP contribution in [0.3, 0.4) is 0 Å². The fourth-order valence-corrected chi connectivity index (χ4v) is 2.75. The SMILES string of the molecule is Cl.N[C@@H]1CCC[C@H]1CC(=O)NCCOc1cccc(C(F)(F)F)c1. The smallest absolute Gasteiger partial charge is 0.416 e. The van der Waals surface area contributed by atoms with Gasteiger partial charge in [-0.3, -0.25) is 4.79 Å². The highest BCUT2D eigenvalue weighted by Gasteiger charge is 2.30. The first kappa shape index (κ1) is 20.6. The lowest BCUT2D eigenvalue weighted by atomic mass is 10.00. The van der Waals surface area contributed by atoms with E-state index in [9.17, 15) is 18.0 Å². The van der Waals surface area contributed by atoms with Crippen LogP contribution in [0.4, 0.5) is 13.2 Å². The third-order valence-corrected chi connectivity index (χ3v) is 4.02. The number of rotatable bonds is 6. The predicted molar refractivity (Wildman–Crippen MR) is 87.1 cm³/mol. The van der Waals surface area contributed by atoms with Crippen molar-refractivity contribution in [3.05, 3.63) is 29.8 Å². The maximum absolute atomic E-state index is 12.6. The van der Waals surface area contributed by atoms with Gasteiger partial charge in [0.15, 0.2) is 0 Å². The lowest BCUT2D eigenvalue weighted by Gasteiger charge is -2.15. The molecule has 136 valence electrons. The number of hydrogen-bond donors (Lipinski definition) is 2. The van der Waals surface area contributed by atoms with Crippen LogP contribution >= 0.6 is 12.4 Å². The summed E-state index contributed by atoms with van der Waals surface area (Å²) in [4.78, 5) is 11.8. The Morgan fingerprint density at radius 2 is 2.08 bits per heavy atom. The summed E-state index contributed by atoms with van der Waals surface area (Å²) in [7, 11) is 0. The van der Waals surface area contributed by atoms with Gasteiger partial charge in [-0.25, -0.2) is 0 Å². The van der Waals surface area contributed by atoms with Gasteiger partial charge in [0.05, 0.1) is 12.1 Å². The van der Waals surface area contributed by atoms with Crippen molar-refractivity contribution in [2.24, 2.45) is 11.7 Å². The fraction of sp³-hybridized carbons (Fsp3) is 0.562. The van der Waals surface area contributed by atoms with Crippen molar-refractivity contribution in [3.63, 3.8) is 0 Å². The van der Waals surface area contributed by atoms with Crippen molar-refractivity contribution in [3.8, 4) is 5.75 Å². The Balaban J connectivity index is 0.00000288. The van der Waals surface area contributed by atoms with Gasteiger partial charge in [0.25, 0.3) is 0 Å². The molecule has 24 heavy (non-hydrogen) atoms. The van der Waals surface area contributed by atoms with Gasteiger partial charge in [-0.15, -0.1) is 12.4 Å². The number of amides is 1. The van der Waals surface area contributed by atoms with Gasteiger partial charge in [0, 0.05) is 12.5 Å². The van der Waals surface area contributed by atoms with E-state index >= 15 is 0 Å². The number of nitrogens with two attached hydrogens (primary N) is 1. The van der Waals surface area contributed by atoms with E-state index in [1.165, 1.54) is 12.1 Å². The summed E-state index contributed by atoms with van der Waals surface area (Å²) in [6.45, 7) is 0.362. The molecular weight excluding hydrogens is 345 g/mol. The summed E-state index contributed by atoms with van der Waals surface area (Å²) < 4.78 is 42.9. The van der Waals surface area contributed by atoms with Crippen LogP contribution in [0.25, 0.3) is 0 Å². The quantitative estimate of drug-likeness (QED) is 0.760. The highest BCUT2D eigenvalue weighted by molar-refractivity contribution is 5.85. The van der Waals surface area contributed by atoms with E-state index in [1.807, 2.05) is 0 Å². The molecule has 0 radical (unpaired) electrons. The summed E-state index contributed by atoms with van der Waals surface area (Å²) >= 11 is 0. The molecule has 0 aliphatic heterocycles. The first-order chi connectivity index (χ1) is 10.9. The van der Waals surface area contributed by atoms with Gasteiger partial charge in [0.1, 0.15) is 12.4 Å². The molecule has 0 saturated heterocycles. The van der Waals surface area contributed by atoms with Crippen molar-refractivity contribution >= 4 is 18.3 Å². The van der Waals surface area contributed by atoms with Gasteiger partial charge in [-0.1, -0.05) is 12.5 Å². The first-order valence-corrected chi connectivity index (χ1v) is 7.68. The summed E-state index contributed by atoms with van der Waals surface area (Å²) in [5.41, 5.74) is 5.16. The van der Waals surface area contributed by atoms with Gasteiger partial charge >= 0.3 is 6.18 Å². The maximum Gasteiger partial charge on any atom is 0.416 e. The van der Waals surface area contributed by atoms with Crippen LogP contribution in [0, 0.1) is 5.92 Å². The van der Waals surface area contributed by atoms with Gasteiger partial charge in [-0.05, 0) is 37.0 Å². The molecule has 1 aliphatic rings. The van der Waals surface area contributed by atoms with E-state index in [0.29, 0.717) is 6.42 Å². The molecule has 2 atom stereocenters. The van der Waals surface area contributed by atoms with Crippen molar-refractivity contribution in [2.75, 3.05) is 13.2 Å². The molecule has 8 heteroatoms. The number of nitrogens with one attached hydrogen (secondary N) is 1. The van der Waals surface area contributed by atoms with E-state index < -0.39 is 11.7 Å². The van der Waals surface area contributed by atoms with E-state index in [0.717, 1.165) is 31.4 Å². The second-order valence-electron chi connectivity index (χ2n) is 5.78. The standard InChI is InChI=1S/C16H21F3N2O2.ClH/c17-16(18,19)12-4-2-5-13(10-12)23-8-7-21-15(22)9-11-3-1-6-14(11)20;/h2,4-5,10-11,14H,1,3,6-9,20H2,(H,21,22);1H/t11-,14+;/m0./s1. The van der Waals surface area contributed by atoms with Gasteiger partial charge < -0.3 is 15.8 Å². The highest BCUT2D eigenvalue weighted by atomic mass is 35.5. The van der Waals surface area contributed by atoms with Gasteiger partial charge in [-0.2, -0.15) is 13.2 Å². The minimum atomic E-state index is -4.40. The number of halogens is 4. The molecular formula is C16H22ClF3N2O2. The number of ether oxygens (including phenoxy) is 1. The Morgan fingerprint density at radius 3 is 2.71 bits per heavy atom. The third-order valence-electron chi connectivity index (χ3n) is 4.02. The second kappa shape index (κ2) is 9.13. The Kier molecular flexibility index (Phi) is 7.83. The number of carbonyl (C=O) groups is 1. The summed E-state index contributed by atoms with van der Waals surface area (Å²) in [6, 6.07) is 4.76. The Labute approximate surface area is 145 Å². The molecule has 1 aromatic rings. The molecule has 0 spiro atoms. The van der Waals surface area contributed by atoms with Crippen LogP contribution in [-0.4, -0.2) is 25.1 Å². The van der Waals surface area contributed by atoms with Crippen molar-refractivity contribution in [2.45, 2.75) is 37.9 Å². The maximum atomic E-state index is 12.6. The lowest BCUT2D eigenvalue weighted by molar-refractivity contribution is -0.137. The van der Waals surface area contributed by atoms with E-state index in [1.54, 1.807) is 0 Å². The average molecular weight is 367 g/mol. The number of alkyl halides is 3. The highest BCUT2D eigenvalue weighted by Crippen LogP contribution is 2.31. The molecule has 1 fully saturated rings. The molecule has 0 heterocycles. The van der Waals surface area contributed by atoms with Crippen LogP contribution in [0.5, 0.6) is 5.75 Å². The third kappa shape index (κ3) is 6.20. The number of hydrogen-bond acceptors (Lipinski definition) is 3. The largest absolute Gasteiger partial charge is 0.492 e. The molecule has 0 aromatic heterocycles. The summed E-state index contributed by atoms with van der Waals surface area (Å²) in [5.74, 6) is 0.256. The van der Waals surface area contributed by atoms with Crippen molar-refractivity contribution in [1.82, 2.24) is 5.32 Å². The van der Waals surface area contributed by atoms with E-state index in [4.69, 9.17) is 10.5 Å². The topological polar surface area (TPSA) is 64.4 Å². The summed E-state index contributed by atoms with van der Waals surface area (Å²) in [6.07, 6.45) is -1.03. The van der Waals surface area contributed by atoms with Crippen molar-refractivity contribution in [1.29, 1.82) is 0 Å². The molecule has 1 aromatic carbocycles. The normalized spacial score (nSPS) is 20.3. The van der Waals surface area contributed by atoms with Gasteiger partial charge in [0.2, 0.25) is 5.91 Å². The van der Waals surface area contributed by atoms with E-state index in [2.05, 4.69) is 5.32 Å². The molecule has 0 bridgehead atoms. The van der Waals surface area contributed by atoms with Crippen LogP contribution in [0.15, 0.2) is 24.3 Å². The molecule has 2 rings (SSSR count). The minimum Gasteiger partial charge on any atom is -0.492 e. The lowest BCUT2D eigenvalue weighted by Crippen LogP contribution is -2.33. The van der Waals surface area contributed by atoms with Crippen LogP contribution in [0.2, 0.25) is 0 Å². The molecule has 1 saturated carbocycles. The molecule has 3 N–H and O–H groups in total. The monoisotopic (exact) mass is 366 g/mol. The molecule has 1 aliphatic carbocycles. The second-order valence-corrected chi connectivity index (χ2v) is 5.78. The first-order valence-electron chi connectivity index (χ1n) is 7.68. The van der Waals surface area contributed by atoms with E-state index in [-0.39, 0.29) is 49.2 Å². The van der Waals surface area contributed by atoms with Crippen LogP contribution in [-0.2, 0) is 11.0 Å². The predicted octanol–water partition coefficient (Wildman–Crippen LogP) is 3.14. The van der Waals surface area contributed by atoms with Crippen LogP contribution in [0.1, 0.15) is 31.2 Å². The molecule has 4 nitrogen and oxygen atoms in total. The van der Waals surface area contributed by atoms with Crippen LogP contribution < -0.4 is 15.8 Å². The number of benzene rings is 1. The Morgan fingerprint density at radius 1 is 1.33 bits per heavy atom. The zero-order valence-corrected chi connectivity index (χ0v) is 14.0. The average Bonchev–Trinajstić information content (AvgIpc) is 2.88. The molecule has 1 amide bonds.